The number of hydrogen-bond acceptors (Lipinski definition) is 2. The Morgan fingerprint density at radius 2 is 1.83 bits per heavy atom. The second-order valence-electron chi connectivity index (χ2n) is 7.11. The molecule has 1 saturated heterocycles. The molecular formula is C16H31NO. The fourth-order valence-corrected chi connectivity index (χ4v) is 3.45. The third-order valence-corrected chi connectivity index (χ3v) is 4.79. The second kappa shape index (κ2) is 6.38. The Balaban J connectivity index is 1.73. The molecule has 18 heavy (non-hydrogen) atoms. The van der Waals surface area contributed by atoms with Crippen molar-refractivity contribution in [3.63, 3.8) is 0 Å². The van der Waals surface area contributed by atoms with Crippen LogP contribution in [-0.2, 0) is 4.74 Å². The average Bonchev–Trinajstić information content (AvgIpc) is 2.33. The van der Waals surface area contributed by atoms with Crippen molar-refractivity contribution in [1.29, 1.82) is 0 Å². The predicted octanol–water partition coefficient (Wildman–Crippen LogP) is 3.89. The smallest absolute Gasteiger partial charge is 0.0589 e. The molecule has 2 nitrogen and oxygen atoms in total. The van der Waals surface area contributed by atoms with E-state index in [4.69, 9.17) is 4.74 Å². The van der Waals surface area contributed by atoms with Crippen LogP contribution in [0, 0.1) is 5.41 Å². The van der Waals surface area contributed by atoms with Crippen molar-refractivity contribution in [3.8, 4) is 0 Å². The van der Waals surface area contributed by atoms with Gasteiger partial charge in [-0.1, -0.05) is 27.2 Å². The predicted molar refractivity (Wildman–Crippen MR) is 76.8 cm³/mol. The molecule has 0 aromatic heterocycles. The van der Waals surface area contributed by atoms with Crippen LogP contribution in [0.15, 0.2) is 0 Å². The van der Waals surface area contributed by atoms with Crippen LogP contribution in [0.1, 0.15) is 72.1 Å². The summed E-state index contributed by atoms with van der Waals surface area (Å²) < 4.78 is 5.83. The second-order valence-corrected chi connectivity index (χ2v) is 7.11. The maximum absolute atomic E-state index is 5.83. The molecule has 0 spiro atoms. The highest BCUT2D eigenvalue weighted by Crippen LogP contribution is 2.35. The standard InChI is InChI=1S/C16H31NO/c1-4-5-15-12-14(8-11-18-15)17-13-6-9-16(2,3)10-7-13/h13-15,17H,4-12H2,1-3H3. The first-order chi connectivity index (χ1) is 8.59. The van der Waals surface area contributed by atoms with Crippen LogP contribution in [0.25, 0.3) is 0 Å². The SMILES string of the molecule is CCCC1CC(NC2CCC(C)(C)CC2)CCO1. The summed E-state index contributed by atoms with van der Waals surface area (Å²) in [5, 5.41) is 3.90. The van der Waals surface area contributed by atoms with Gasteiger partial charge < -0.3 is 10.1 Å². The summed E-state index contributed by atoms with van der Waals surface area (Å²) in [6.45, 7) is 8.04. The minimum atomic E-state index is 0.515. The molecular weight excluding hydrogens is 222 g/mol. The summed E-state index contributed by atoms with van der Waals surface area (Å²) in [5.41, 5.74) is 0.582. The molecule has 1 heterocycles. The van der Waals surface area contributed by atoms with Gasteiger partial charge >= 0.3 is 0 Å². The van der Waals surface area contributed by atoms with E-state index in [1.165, 1.54) is 51.4 Å². The van der Waals surface area contributed by atoms with E-state index in [1.807, 2.05) is 0 Å². The molecule has 0 amide bonds. The van der Waals surface area contributed by atoms with Crippen molar-refractivity contribution >= 4 is 0 Å². The lowest BCUT2D eigenvalue weighted by Gasteiger charge is -2.38. The van der Waals surface area contributed by atoms with Gasteiger partial charge in [-0.2, -0.15) is 0 Å². The van der Waals surface area contributed by atoms with E-state index in [1.54, 1.807) is 0 Å². The topological polar surface area (TPSA) is 21.3 Å². The van der Waals surface area contributed by atoms with E-state index in [9.17, 15) is 0 Å². The summed E-state index contributed by atoms with van der Waals surface area (Å²) in [6.07, 6.45) is 10.9. The van der Waals surface area contributed by atoms with Crippen LogP contribution in [0.2, 0.25) is 0 Å². The molecule has 0 radical (unpaired) electrons. The number of rotatable bonds is 4. The van der Waals surface area contributed by atoms with E-state index in [0.29, 0.717) is 17.6 Å². The third-order valence-electron chi connectivity index (χ3n) is 4.79. The van der Waals surface area contributed by atoms with Crippen LogP contribution in [0.5, 0.6) is 0 Å². The first-order valence-corrected chi connectivity index (χ1v) is 7.97. The molecule has 2 fully saturated rings. The first-order valence-electron chi connectivity index (χ1n) is 7.97. The lowest BCUT2D eigenvalue weighted by molar-refractivity contribution is -0.00663. The van der Waals surface area contributed by atoms with Gasteiger partial charge in [0.1, 0.15) is 0 Å². The molecule has 1 N–H and O–H groups in total. The van der Waals surface area contributed by atoms with Gasteiger partial charge in [0.25, 0.3) is 0 Å². The minimum Gasteiger partial charge on any atom is -0.378 e. The Kier molecular flexibility index (Phi) is 5.08. The van der Waals surface area contributed by atoms with Gasteiger partial charge in [0.2, 0.25) is 0 Å². The van der Waals surface area contributed by atoms with Crippen molar-refractivity contribution in [2.75, 3.05) is 6.61 Å². The van der Waals surface area contributed by atoms with Crippen molar-refractivity contribution in [3.05, 3.63) is 0 Å². The Morgan fingerprint density at radius 1 is 1.11 bits per heavy atom. The third kappa shape index (κ3) is 4.24. The molecule has 0 aromatic carbocycles. The summed E-state index contributed by atoms with van der Waals surface area (Å²) >= 11 is 0. The highest BCUT2D eigenvalue weighted by atomic mass is 16.5. The molecule has 0 bridgehead atoms. The number of ether oxygens (including phenoxy) is 1. The van der Waals surface area contributed by atoms with Crippen molar-refractivity contribution in [2.24, 2.45) is 5.41 Å². The van der Waals surface area contributed by atoms with E-state index in [2.05, 4.69) is 26.1 Å². The molecule has 2 aliphatic rings. The van der Waals surface area contributed by atoms with E-state index in [0.717, 1.165) is 12.6 Å². The van der Waals surface area contributed by atoms with Crippen LogP contribution in [-0.4, -0.2) is 24.8 Å². The Hall–Kier alpha value is -0.0800. The van der Waals surface area contributed by atoms with Gasteiger partial charge in [0.15, 0.2) is 0 Å². The molecule has 0 aromatic rings. The van der Waals surface area contributed by atoms with Crippen LogP contribution >= 0.6 is 0 Å². The fraction of sp³-hybridized carbons (Fsp3) is 1.00. The Morgan fingerprint density at radius 3 is 2.50 bits per heavy atom. The number of hydrogen-bond donors (Lipinski definition) is 1. The molecule has 2 unspecified atom stereocenters. The van der Waals surface area contributed by atoms with Gasteiger partial charge in [0, 0.05) is 18.7 Å². The van der Waals surface area contributed by atoms with E-state index >= 15 is 0 Å². The molecule has 2 rings (SSSR count). The molecule has 1 aliphatic heterocycles. The first kappa shape index (κ1) is 14.3. The van der Waals surface area contributed by atoms with Crippen LogP contribution in [0.3, 0.4) is 0 Å². The van der Waals surface area contributed by atoms with Crippen LogP contribution < -0.4 is 5.32 Å². The highest BCUT2D eigenvalue weighted by Gasteiger charge is 2.29. The fourth-order valence-electron chi connectivity index (χ4n) is 3.45. The van der Waals surface area contributed by atoms with E-state index < -0.39 is 0 Å². The zero-order chi connectivity index (χ0) is 13.0. The van der Waals surface area contributed by atoms with Gasteiger partial charge in [-0.25, -0.2) is 0 Å². The van der Waals surface area contributed by atoms with Crippen LogP contribution in [0.4, 0.5) is 0 Å². The molecule has 2 atom stereocenters. The summed E-state index contributed by atoms with van der Waals surface area (Å²) in [7, 11) is 0. The van der Waals surface area contributed by atoms with Gasteiger partial charge in [0.05, 0.1) is 6.10 Å². The monoisotopic (exact) mass is 253 g/mol. The lowest BCUT2D eigenvalue weighted by atomic mass is 9.75. The van der Waals surface area contributed by atoms with Gasteiger partial charge in [-0.05, 0) is 50.4 Å². The maximum Gasteiger partial charge on any atom is 0.0589 e. The summed E-state index contributed by atoms with van der Waals surface area (Å²) in [4.78, 5) is 0. The lowest BCUT2D eigenvalue weighted by Crippen LogP contribution is -2.46. The maximum atomic E-state index is 5.83. The normalized spacial score (nSPS) is 33.5. The molecule has 1 saturated carbocycles. The van der Waals surface area contributed by atoms with Crippen molar-refractivity contribution < 1.29 is 4.74 Å². The zero-order valence-electron chi connectivity index (χ0n) is 12.5. The van der Waals surface area contributed by atoms with E-state index in [-0.39, 0.29) is 0 Å². The largest absolute Gasteiger partial charge is 0.378 e. The Labute approximate surface area is 113 Å². The Bertz CT molecular complexity index is 239. The quantitative estimate of drug-likeness (QED) is 0.820. The molecule has 106 valence electrons. The van der Waals surface area contributed by atoms with Crippen molar-refractivity contribution in [1.82, 2.24) is 5.32 Å². The van der Waals surface area contributed by atoms with Gasteiger partial charge in [-0.15, -0.1) is 0 Å². The van der Waals surface area contributed by atoms with Gasteiger partial charge in [-0.3, -0.25) is 0 Å². The summed E-state index contributed by atoms with van der Waals surface area (Å²) in [6, 6.07) is 1.48. The highest BCUT2D eigenvalue weighted by molar-refractivity contribution is 4.86. The zero-order valence-corrected chi connectivity index (χ0v) is 12.5. The number of nitrogens with one attached hydrogen (secondary N) is 1. The van der Waals surface area contributed by atoms with Crippen molar-refractivity contribution in [2.45, 2.75) is 90.3 Å². The summed E-state index contributed by atoms with van der Waals surface area (Å²) in [5.74, 6) is 0. The average molecular weight is 253 g/mol. The molecule has 1 aliphatic carbocycles. The molecule has 2 heteroatoms. The minimum absolute atomic E-state index is 0.515.